The van der Waals surface area contributed by atoms with Crippen molar-refractivity contribution in [3.63, 3.8) is 0 Å². The van der Waals surface area contributed by atoms with E-state index >= 15 is 0 Å². The van der Waals surface area contributed by atoms with Crippen LogP contribution in [-0.2, 0) is 12.7 Å². The zero-order chi connectivity index (χ0) is 33.3. The maximum atomic E-state index is 14.2. The van der Waals surface area contributed by atoms with E-state index in [0.29, 0.717) is 22.7 Å². The summed E-state index contributed by atoms with van der Waals surface area (Å²) in [5.74, 6) is 0.182. The molecular formula is C35H28ClF3N8O. The molecule has 3 N–H and O–H groups in total. The van der Waals surface area contributed by atoms with Crippen molar-refractivity contribution in [3.8, 4) is 22.3 Å². The third-order valence-corrected chi connectivity index (χ3v) is 8.54. The summed E-state index contributed by atoms with van der Waals surface area (Å²) in [5, 5.41) is 18.4. The minimum atomic E-state index is -4.62. The first-order valence-electron chi connectivity index (χ1n) is 15.2. The summed E-state index contributed by atoms with van der Waals surface area (Å²) in [5.41, 5.74) is 2.53. The zero-order valence-electron chi connectivity index (χ0n) is 25.3. The number of nitrogens with zero attached hydrogens (tertiary/aromatic N) is 5. The second-order valence-electron chi connectivity index (χ2n) is 11.4. The number of benzene rings is 3. The highest BCUT2D eigenvalue weighted by atomic mass is 35.5. The average molecular weight is 669 g/mol. The van der Waals surface area contributed by atoms with Crippen molar-refractivity contribution < 1.29 is 13.2 Å². The Balaban J connectivity index is 1.29. The molecule has 1 saturated heterocycles. The fraction of sp³-hybridized carbons (Fsp3) is 0.171. The Morgan fingerprint density at radius 1 is 0.917 bits per heavy atom. The van der Waals surface area contributed by atoms with Crippen molar-refractivity contribution >= 4 is 40.0 Å². The van der Waals surface area contributed by atoms with Crippen LogP contribution in [0.1, 0.15) is 17.5 Å². The van der Waals surface area contributed by atoms with Gasteiger partial charge in [-0.25, -0.2) is 4.98 Å². The largest absolute Gasteiger partial charge is 0.416 e. The van der Waals surface area contributed by atoms with Crippen LogP contribution in [0.15, 0.2) is 102 Å². The fourth-order valence-corrected chi connectivity index (χ4v) is 6.11. The van der Waals surface area contributed by atoms with E-state index < -0.39 is 17.3 Å². The minimum absolute atomic E-state index is 0.0779. The number of halogens is 4. The Hall–Kier alpha value is -5.33. The van der Waals surface area contributed by atoms with Crippen LogP contribution in [0.25, 0.3) is 33.3 Å². The highest BCUT2D eigenvalue weighted by Gasteiger charge is 2.33. The molecule has 0 bridgehead atoms. The molecule has 0 saturated carbocycles. The monoisotopic (exact) mass is 668 g/mol. The molecule has 0 spiro atoms. The van der Waals surface area contributed by atoms with Gasteiger partial charge in [-0.15, -0.1) is 0 Å². The first-order chi connectivity index (χ1) is 23.2. The standard InChI is InChI=1S/C35H28ClF3N8O/c36-31-16-21(22-11-14-42-43-18-22)5-10-28(31)29-15-24-17-41-34(45-26-8-6-25(7-9-26)44-27-12-13-40-19-27)46-32(24)47(33(29)48)20-23-3-1-2-4-30(23)35(37,38)39/h1-11,14-18,27,40,44H,12-13,19-20H2,(H,41,45,46). The van der Waals surface area contributed by atoms with Gasteiger partial charge in [0, 0.05) is 57.3 Å². The molecule has 48 heavy (non-hydrogen) atoms. The van der Waals surface area contributed by atoms with Gasteiger partial charge in [-0.3, -0.25) is 9.36 Å². The van der Waals surface area contributed by atoms with Gasteiger partial charge < -0.3 is 16.0 Å². The zero-order valence-corrected chi connectivity index (χ0v) is 26.1. The molecule has 0 aliphatic carbocycles. The molecule has 3 aromatic heterocycles. The number of alkyl halides is 3. The van der Waals surface area contributed by atoms with Crippen LogP contribution in [0.2, 0.25) is 5.02 Å². The third-order valence-electron chi connectivity index (χ3n) is 8.23. The van der Waals surface area contributed by atoms with Crippen LogP contribution in [0, 0.1) is 0 Å². The first kappa shape index (κ1) is 31.3. The normalized spacial score (nSPS) is 14.7. The van der Waals surface area contributed by atoms with E-state index in [4.69, 9.17) is 11.6 Å². The number of nitrogens with one attached hydrogen (secondary N) is 3. The van der Waals surface area contributed by atoms with Gasteiger partial charge in [0.15, 0.2) is 0 Å². The van der Waals surface area contributed by atoms with E-state index in [1.165, 1.54) is 29.0 Å². The number of aromatic nitrogens is 5. The topological polar surface area (TPSA) is 110 Å². The summed E-state index contributed by atoms with van der Waals surface area (Å²) < 4.78 is 43.3. The maximum Gasteiger partial charge on any atom is 0.416 e. The predicted molar refractivity (Wildman–Crippen MR) is 180 cm³/mol. The molecule has 13 heteroatoms. The van der Waals surface area contributed by atoms with E-state index in [-0.39, 0.29) is 34.3 Å². The minimum Gasteiger partial charge on any atom is -0.381 e. The molecule has 0 amide bonds. The number of fused-ring (bicyclic) bond motifs is 1. The quantitative estimate of drug-likeness (QED) is 0.157. The SMILES string of the molecule is O=c1c(-c2ccc(-c3ccnnc3)cc2Cl)cc2cnc(Nc3ccc(NC4CCNC4)cc3)nc2n1Cc1ccccc1C(F)(F)F. The lowest BCUT2D eigenvalue weighted by Gasteiger charge is -2.17. The van der Waals surface area contributed by atoms with Crippen LogP contribution < -0.4 is 21.5 Å². The third kappa shape index (κ3) is 6.57. The first-order valence-corrected chi connectivity index (χ1v) is 15.6. The lowest BCUT2D eigenvalue weighted by molar-refractivity contribution is -0.138. The molecule has 3 aromatic carbocycles. The lowest BCUT2D eigenvalue weighted by Crippen LogP contribution is -2.25. The number of anilines is 3. The second-order valence-corrected chi connectivity index (χ2v) is 11.8. The average Bonchev–Trinajstić information content (AvgIpc) is 3.60. The van der Waals surface area contributed by atoms with Crippen molar-refractivity contribution in [2.75, 3.05) is 23.7 Å². The number of hydrogen-bond donors (Lipinski definition) is 3. The van der Waals surface area contributed by atoms with E-state index in [1.807, 2.05) is 24.3 Å². The van der Waals surface area contributed by atoms with Crippen molar-refractivity contribution in [2.24, 2.45) is 0 Å². The number of rotatable bonds is 8. The molecule has 1 unspecified atom stereocenters. The Kier molecular flexibility index (Phi) is 8.50. The summed E-state index contributed by atoms with van der Waals surface area (Å²) in [6, 6.07) is 21.8. The van der Waals surface area contributed by atoms with E-state index in [2.05, 4.69) is 36.1 Å². The Morgan fingerprint density at radius 2 is 1.73 bits per heavy atom. The van der Waals surface area contributed by atoms with E-state index in [9.17, 15) is 18.0 Å². The summed E-state index contributed by atoms with van der Waals surface area (Å²) in [7, 11) is 0. The van der Waals surface area contributed by atoms with Crippen LogP contribution in [-0.4, -0.2) is 43.9 Å². The van der Waals surface area contributed by atoms with Gasteiger partial charge in [-0.05, 0) is 72.6 Å². The molecule has 0 radical (unpaired) electrons. The predicted octanol–water partition coefficient (Wildman–Crippen LogP) is 7.15. The van der Waals surface area contributed by atoms with Crippen molar-refractivity contribution in [1.29, 1.82) is 0 Å². The van der Waals surface area contributed by atoms with Gasteiger partial charge in [-0.2, -0.15) is 28.4 Å². The van der Waals surface area contributed by atoms with Crippen molar-refractivity contribution in [3.05, 3.63) is 124 Å². The maximum absolute atomic E-state index is 14.2. The molecule has 9 nitrogen and oxygen atoms in total. The highest BCUT2D eigenvalue weighted by Crippen LogP contribution is 2.34. The van der Waals surface area contributed by atoms with Crippen molar-refractivity contribution in [2.45, 2.75) is 25.2 Å². The highest BCUT2D eigenvalue weighted by molar-refractivity contribution is 6.33. The van der Waals surface area contributed by atoms with Gasteiger partial charge in [0.05, 0.1) is 24.5 Å². The van der Waals surface area contributed by atoms with E-state index in [1.54, 1.807) is 42.7 Å². The molecule has 1 aliphatic rings. The Morgan fingerprint density at radius 3 is 2.46 bits per heavy atom. The molecule has 1 aliphatic heterocycles. The summed E-state index contributed by atoms with van der Waals surface area (Å²) >= 11 is 6.73. The molecule has 7 rings (SSSR count). The van der Waals surface area contributed by atoms with Crippen LogP contribution in [0.3, 0.4) is 0 Å². The van der Waals surface area contributed by atoms with Gasteiger partial charge in [0.25, 0.3) is 5.56 Å². The molecule has 1 fully saturated rings. The molecule has 1 atom stereocenters. The summed E-state index contributed by atoms with van der Waals surface area (Å²) in [6.45, 7) is 1.50. The fourth-order valence-electron chi connectivity index (χ4n) is 5.83. The molecule has 242 valence electrons. The van der Waals surface area contributed by atoms with Gasteiger partial charge in [-0.1, -0.05) is 41.9 Å². The van der Waals surface area contributed by atoms with Crippen LogP contribution in [0.4, 0.5) is 30.5 Å². The van der Waals surface area contributed by atoms with Crippen molar-refractivity contribution in [1.82, 2.24) is 30.0 Å². The second kappa shape index (κ2) is 13.1. The molecular weight excluding hydrogens is 641 g/mol. The van der Waals surface area contributed by atoms with Gasteiger partial charge >= 0.3 is 6.18 Å². The summed E-state index contributed by atoms with van der Waals surface area (Å²) in [6.07, 6.45) is 1.11. The lowest BCUT2D eigenvalue weighted by atomic mass is 10.0. The number of hydrogen-bond acceptors (Lipinski definition) is 8. The van der Waals surface area contributed by atoms with Crippen LogP contribution in [0.5, 0.6) is 0 Å². The van der Waals surface area contributed by atoms with Gasteiger partial charge in [0.2, 0.25) is 5.95 Å². The Bertz CT molecular complexity index is 2150. The molecule has 4 heterocycles. The molecule has 6 aromatic rings. The van der Waals surface area contributed by atoms with Crippen LogP contribution >= 0.6 is 11.6 Å². The number of pyridine rings is 1. The Labute approximate surface area is 277 Å². The smallest absolute Gasteiger partial charge is 0.381 e. The summed E-state index contributed by atoms with van der Waals surface area (Å²) in [4.78, 5) is 23.3. The van der Waals surface area contributed by atoms with Gasteiger partial charge in [0.1, 0.15) is 5.65 Å². The van der Waals surface area contributed by atoms with E-state index in [0.717, 1.165) is 42.4 Å².